The van der Waals surface area contributed by atoms with Gasteiger partial charge in [0.15, 0.2) is 0 Å². The van der Waals surface area contributed by atoms with E-state index in [1.165, 1.54) is 31.2 Å². The number of anilines is 1. The number of carbonyl (C=O) groups is 2. The van der Waals surface area contributed by atoms with Crippen molar-refractivity contribution in [3.63, 3.8) is 0 Å². The quantitative estimate of drug-likeness (QED) is 0.898. The molecule has 0 aliphatic heterocycles. The van der Waals surface area contributed by atoms with E-state index in [1.807, 2.05) is 13.0 Å². The van der Waals surface area contributed by atoms with Crippen molar-refractivity contribution < 1.29 is 14.0 Å². The van der Waals surface area contributed by atoms with Gasteiger partial charge in [-0.1, -0.05) is 17.7 Å². The molecule has 0 radical (unpaired) electrons. The number of halogens is 2. The summed E-state index contributed by atoms with van der Waals surface area (Å²) in [5, 5.41) is 3.26. The molecule has 0 bridgehead atoms. The first-order chi connectivity index (χ1) is 11.4. The number of rotatable bonds is 5. The van der Waals surface area contributed by atoms with Gasteiger partial charge in [0, 0.05) is 36.3 Å². The first kappa shape index (κ1) is 17.9. The summed E-state index contributed by atoms with van der Waals surface area (Å²) in [5.74, 6) is -0.858. The van der Waals surface area contributed by atoms with Crippen LogP contribution in [0.4, 0.5) is 10.1 Å². The maximum absolute atomic E-state index is 12.9. The van der Waals surface area contributed by atoms with E-state index in [-0.39, 0.29) is 18.4 Å². The minimum absolute atomic E-state index is 0.142. The van der Waals surface area contributed by atoms with E-state index in [9.17, 15) is 14.0 Å². The molecule has 2 amide bonds. The van der Waals surface area contributed by atoms with E-state index in [0.717, 1.165) is 5.56 Å². The Kier molecular flexibility index (Phi) is 5.93. The number of nitrogens with one attached hydrogen (secondary N) is 1. The molecule has 4 nitrogen and oxygen atoms in total. The molecule has 0 saturated heterocycles. The zero-order valence-electron chi connectivity index (χ0n) is 13.5. The van der Waals surface area contributed by atoms with Gasteiger partial charge in [-0.25, -0.2) is 4.39 Å². The van der Waals surface area contributed by atoms with Gasteiger partial charge >= 0.3 is 0 Å². The highest BCUT2D eigenvalue weighted by molar-refractivity contribution is 6.31. The summed E-state index contributed by atoms with van der Waals surface area (Å²) in [5.41, 5.74) is 2.00. The number of benzene rings is 2. The molecule has 0 heterocycles. The highest BCUT2D eigenvalue weighted by atomic mass is 35.5. The van der Waals surface area contributed by atoms with Crippen molar-refractivity contribution in [2.75, 3.05) is 18.0 Å². The number of amides is 2. The van der Waals surface area contributed by atoms with Gasteiger partial charge in [-0.2, -0.15) is 0 Å². The van der Waals surface area contributed by atoms with Gasteiger partial charge in [0.05, 0.1) is 0 Å². The van der Waals surface area contributed by atoms with E-state index >= 15 is 0 Å². The third kappa shape index (κ3) is 4.55. The predicted octanol–water partition coefficient (Wildman–Crippen LogP) is 3.57. The van der Waals surface area contributed by atoms with Crippen LogP contribution in [-0.2, 0) is 4.79 Å². The minimum Gasteiger partial charge on any atom is -0.350 e. The van der Waals surface area contributed by atoms with Gasteiger partial charge < -0.3 is 10.2 Å². The van der Waals surface area contributed by atoms with E-state index in [2.05, 4.69) is 5.32 Å². The molecular weight excluding hydrogens is 331 g/mol. The molecule has 24 heavy (non-hydrogen) atoms. The van der Waals surface area contributed by atoms with Gasteiger partial charge in [0.1, 0.15) is 5.82 Å². The molecule has 0 unspecified atom stereocenters. The van der Waals surface area contributed by atoms with Crippen LogP contribution in [0.15, 0.2) is 42.5 Å². The van der Waals surface area contributed by atoms with Gasteiger partial charge in [-0.15, -0.1) is 0 Å². The molecule has 0 fully saturated rings. The van der Waals surface area contributed by atoms with Crippen molar-refractivity contribution in [3.8, 4) is 0 Å². The monoisotopic (exact) mass is 348 g/mol. The lowest BCUT2D eigenvalue weighted by Crippen LogP contribution is -2.38. The third-order valence-electron chi connectivity index (χ3n) is 3.57. The molecule has 0 spiro atoms. The van der Waals surface area contributed by atoms with Gasteiger partial charge in [-0.3, -0.25) is 9.59 Å². The highest BCUT2D eigenvalue weighted by Crippen LogP contribution is 2.24. The smallest absolute Gasteiger partial charge is 0.251 e. The van der Waals surface area contributed by atoms with E-state index < -0.39 is 5.82 Å². The minimum atomic E-state index is -0.397. The zero-order valence-corrected chi connectivity index (χ0v) is 14.2. The van der Waals surface area contributed by atoms with Crippen molar-refractivity contribution in [1.29, 1.82) is 0 Å². The zero-order chi connectivity index (χ0) is 17.7. The van der Waals surface area contributed by atoms with Crippen molar-refractivity contribution in [1.82, 2.24) is 5.32 Å². The second-order valence-electron chi connectivity index (χ2n) is 5.36. The Labute approximate surface area is 145 Å². The summed E-state index contributed by atoms with van der Waals surface area (Å²) < 4.78 is 12.9. The van der Waals surface area contributed by atoms with Gasteiger partial charge in [-0.05, 0) is 48.9 Å². The van der Waals surface area contributed by atoms with Gasteiger partial charge in [0.2, 0.25) is 5.91 Å². The van der Waals surface area contributed by atoms with Crippen molar-refractivity contribution >= 4 is 29.1 Å². The van der Waals surface area contributed by atoms with Crippen LogP contribution in [0.3, 0.4) is 0 Å². The highest BCUT2D eigenvalue weighted by Gasteiger charge is 2.15. The molecule has 0 aliphatic carbocycles. The molecular formula is C18H18ClFN2O2. The van der Waals surface area contributed by atoms with Crippen LogP contribution in [0.2, 0.25) is 5.02 Å². The molecule has 126 valence electrons. The van der Waals surface area contributed by atoms with Gasteiger partial charge in [0.25, 0.3) is 5.91 Å². The van der Waals surface area contributed by atoms with E-state index in [0.29, 0.717) is 22.8 Å². The lowest BCUT2D eigenvalue weighted by Gasteiger charge is -2.23. The molecule has 0 saturated carbocycles. The molecule has 2 aromatic carbocycles. The van der Waals surface area contributed by atoms with Crippen LogP contribution >= 0.6 is 11.6 Å². The maximum Gasteiger partial charge on any atom is 0.251 e. The van der Waals surface area contributed by atoms with Crippen LogP contribution in [0, 0.1) is 12.7 Å². The number of nitrogens with zero attached hydrogens (tertiary/aromatic N) is 1. The average Bonchev–Trinajstić information content (AvgIpc) is 2.54. The van der Waals surface area contributed by atoms with E-state index in [4.69, 9.17) is 11.6 Å². The summed E-state index contributed by atoms with van der Waals surface area (Å²) in [6, 6.07) is 10.6. The first-order valence-corrected chi connectivity index (χ1v) is 7.84. The van der Waals surface area contributed by atoms with Crippen LogP contribution in [0.5, 0.6) is 0 Å². The largest absolute Gasteiger partial charge is 0.350 e. The van der Waals surface area contributed by atoms with Crippen LogP contribution < -0.4 is 10.2 Å². The fraction of sp³-hybridized carbons (Fsp3) is 0.222. The topological polar surface area (TPSA) is 49.4 Å². The van der Waals surface area contributed by atoms with E-state index in [1.54, 1.807) is 17.0 Å². The summed E-state index contributed by atoms with van der Waals surface area (Å²) in [6.45, 7) is 3.92. The Morgan fingerprint density at radius 1 is 1.17 bits per heavy atom. The fourth-order valence-corrected chi connectivity index (χ4v) is 2.47. The Morgan fingerprint density at radius 3 is 2.46 bits per heavy atom. The normalized spacial score (nSPS) is 10.3. The lowest BCUT2D eigenvalue weighted by atomic mass is 10.1. The SMILES string of the molecule is CC(=O)N(CCNC(=O)c1ccc(F)cc1)c1cc(Cl)ccc1C. The third-order valence-corrected chi connectivity index (χ3v) is 3.80. The van der Waals surface area contributed by atoms with Crippen molar-refractivity contribution in [3.05, 3.63) is 64.4 Å². The molecule has 0 aromatic heterocycles. The molecule has 2 rings (SSSR count). The number of aryl methyl sites for hydroxylation is 1. The Bertz CT molecular complexity index is 747. The molecule has 6 heteroatoms. The first-order valence-electron chi connectivity index (χ1n) is 7.46. The summed E-state index contributed by atoms with van der Waals surface area (Å²) in [7, 11) is 0. The number of hydrogen-bond donors (Lipinski definition) is 1. The molecule has 1 N–H and O–H groups in total. The Hall–Kier alpha value is -2.40. The van der Waals surface area contributed by atoms with Crippen LogP contribution in [-0.4, -0.2) is 24.9 Å². The number of hydrogen-bond acceptors (Lipinski definition) is 2. The Balaban J connectivity index is 2.02. The molecule has 2 aromatic rings. The van der Waals surface area contributed by atoms with Crippen molar-refractivity contribution in [2.24, 2.45) is 0 Å². The lowest BCUT2D eigenvalue weighted by molar-refractivity contribution is -0.116. The maximum atomic E-state index is 12.9. The van der Waals surface area contributed by atoms with Crippen molar-refractivity contribution in [2.45, 2.75) is 13.8 Å². The average molecular weight is 349 g/mol. The molecule has 0 atom stereocenters. The summed E-state index contributed by atoms with van der Waals surface area (Å²) in [4.78, 5) is 25.5. The number of carbonyl (C=O) groups excluding carboxylic acids is 2. The Morgan fingerprint density at radius 2 is 1.83 bits per heavy atom. The van der Waals surface area contributed by atoms with Crippen LogP contribution in [0.25, 0.3) is 0 Å². The van der Waals surface area contributed by atoms with Crippen LogP contribution in [0.1, 0.15) is 22.8 Å². The summed E-state index contributed by atoms with van der Waals surface area (Å²) >= 11 is 6.00. The fourth-order valence-electron chi connectivity index (χ4n) is 2.31. The second kappa shape index (κ2) is 7.93. The predicted molar refractivity (Wildman–Crippen MR) is 92.9 cm³/mol. The standard InChI is InChI=1S/C18H18ClFN2O2/c1-12-3-6-15(19)11-17(12)22(13(2)23)10-9-21-18(24)14-4-7-16(20)8-5-14/h3-8,11H,9-10H2,1-2H3,(H,21,24). The molecule has 0 aliphatic rings. The summed E-state index contributed by atoms with van der Waals surface area (Å²) in [6.07, 6.45) is 0. The second-order valence-corrected chi connectivity index (χ2v) is 5.80.